The summed E-state index contributed by atoms with van der Waals surface area (Å²) in [5.41, 5.74) is 5.61. The fourth-order valence-corrected chi connectivity index (χ4v) is 2.67. The van der Waals surface area contributed by atoms with E-state index < -0.39 is 6.04 Å². The van der Waals surface area contributed by atoms with Gasteiger partial charge in [-0.3, -0.25) is 9.59 Å². The summed E-state index contributed by atoms with van der Waals surface area (Å²) in [4.78, 5) is 27.1. The molecule has 1 aliphatic carbocycles. The first-order chi connectivity index (χ1) is 8.49. The van der Waals surface area contributed by atoms with Crippen LogP contribution in [0.15, 0.2) is 0 Å². The van der Waals surface area contributed by atoms with Crippen molar-refractivity contribution in [2.75, 3.05) is 19.6 Å². The van der Waals surface area contributed by atoms with E-state index in [2.05, 4.69) is 0 Å². The molecule has 2 N–H and O–H groups in total. The SMILES string of the molecule is CC(=O)N(CC1CCN(C(=O)[C@H](C)N)C1)C1CC1. The van der Waals surface area contributed by atoms with E-state index in [1.807, 2.05) is 9.80 Å². The minimum atomic E-state index is -0.420. The number of carbonyl (C=O) groups excluding carboxylic acids is 2. The van der Waals surface area contributed by atoms with Gasteiger partial charge in [0, 0.05) is 32.6 Å². The number of rotatable bonds is 4. The molecular weight excluding hydrogens is 230 g/mol. The number of likely N-dealkylation sites (tertiary alicyclic amines) is 1. The van der Waals surface area contributed by atoms with E-state index in [4.69, 9.17) is 5.73 Å². The first-order valence-corrected chi connectivity index (χ1v) is 6.80. The monoisotopic (exact) mass is 253 g/mol. The van der Waals surface area contributed by atoms with E-state index >= 15 is 0 Å². The van der Waals surface area contributed by atoms with Crippen LogP contribution in [0.1, 0.15) is 33.1 Å². The summed E-state index contributed by atoms with van der Waals surface area (Å²) in [5.74, 6) is 0.602. The molecular formula is C13H23N3O2. The van der Waals surface area contributed by atoms with E-state index in [1.54, 1.807) is 13.8 Å². The third-order valence-corrected chi connectivity index (χ3v) is 3.83. The van der Waals surface area contributed by atoms with E-state index in [-0.39, 0.29) is 11.8 Å². The van der Waals surface area contributed by atoms with Crippen LogP contribution in [-0.4, -0.2) is 53.3 Å². The van der Waals surface area contributed by atoms with Crippen molar-refractivity contribution in [2.24, 2.45) is 11.7 Å². The molecule has 18 heavy (non-hydrogen) atoms. The number of carbonyl (C=O) groups is 2. The Bertz CT molecular complexity index is 339. The van der Waals surface area contributed by atoms with Crippen LogP contribution < -0.4 is 5.73 Å². The summed E-state index contributed by atoms with van der Waals surface area (Å²) in [6.07, 6.45) is 3.25. The van der Waals surface area contributed by atoms with Crippen LogP contribution >= 0.6 is 0 Å². The molecule has 102 valence electrons. The maximum atomic E-state index is 11.8. The van der Waals surface area contributed by atoms with Gasteiger partial charge in [0.1, 0.15) is 0 Å². The molecule has 0 aromatic rings. The number of hydrogen-bond acceptors (Lipinski definition) is 3. The highest BCUT2D eigenvalue weighted by molar-refractivity contribution is 5.81. The molecule has 2 aliphatic rings. The number of nitrogens with zero attached hydrogens (tertiary/aromatic N) is 2. The molecule has 2 amide bonds. The quantitative estimate of drug-likeness (QED) is 0.778. The van der Waals surface area contributed by atoms with E-state index in [0.717, 1.165) is 38.9 Å². The van der Waals surface area contributed by atoms with Crippen LogP contribution in [0.4, 0.5) is 0 Å². The third-order valence-electron chi connectivity index (χ3n) is 3.83. The average molecular weight is 253 g/mol. The zero-order chi connectivity index (χ0) is 13.3. The molecule has 5 nitrogen and oxygen atoms in total. The largest absolute Gasteiger partial charge is 0.341 e. The van der Waals surface area contributed by atoms with Crippen LogP contribution in [0, 0.1) is 5.92 Å². The Morgan fingerprint density at radius 2 is 2.06 bits per heavy atom. The fourth-order valence-electron chi connectivity index (χ4n) is 2.67. The molecule has 5 heteroatoms. The number of hydrogen-bond donors (Lipinski definition) is 1. The van der Waals surface area contributed by atoms with Gasteiger partial charge in [-0.05, 0) is 32.1 Å². The highest BCUT2D eigenvalue weighted by Crippen LogP contribution is 2.29. The third kappa shape index (κ3) is 3.02. The standard InChI is InChI=1S/C13H23N3O2/c1-9(14)13(18)15-6-5-11(7-15)8-16(10(2)17)12-3-4-12/h9,11-12H,3-8,14H2,1-2H3/t9-,11?/m0/s1. The van der Waals surface area contributed by atoms with Gasteiger partial charge in [0.05, 0.1) is 6.04 Å². The van der Waals surface area contributed by atoms with E-state index in [1.165, 1.54) is 0 Å². The van der Waals surface area contributed by atoms with Gasteiger partial charge in [-0.1, -0.05) is 0 Å². The normalized spacial score (nSPS) is 25.1. The lowest BCUT2D eigenvalue weighted by Crippen LogP contribution is -2.42. The Kier molecular flexibility index (Phi) is 3.90. The first kappa shape index (κ1) is 13.3. The zero-order valence-corrected chi connectivity index (χ0v) is 11.3. The Labute approximate surface area is 108 Å². The predicted molar refractivity (Wildman–Crippen MR) is 68.7 cm³/mol. The summed E-state index contributed by atoms with van der Waals surface area (Å²) in [6.45, 7) is 5.68. The van der Waals surface area contributed by atoms with Gasteiger partial charge in [-0.2, -0.15) is 0 Å². The lowest BCUT2D eigenvalue weighted by molar-refractivity contribution is -0.131. The van der Waals surface area contributed by atoms with E-state index in [0.29, 0.717) is 12.0 Å². The molecule has 0 radical (unpaired) electrons. The molecule has 1 saturated heterocycles. The second-order valence-electron chi connectivity index (χ2n) is 5.63. The average Bonchev–Trinajstić information content (AvgIpc) is 3.03. The topological polar surface area (TPSA) is 66.6 Å². The molecule has 0 spiro atoms. The smallest absolute Gasteiger partial charge is 0.239 e. The Hall–Kier alpha value is -1.10. The highest BCUT2D eigenvalue weighted by Gasteiger charge is 2.35. The van der Waals surface area contributed by atoms with Gasteiger partial charge in [0.15, 0.2) is 0 Å². The highest BCUT2D eigenvalue weighted by atomic mass is 16.2. The maximum absolute atomic E-state index is 11.8. The van der Waals surface area contributed by atoms with Crippen molar-refractivity contribution in [1.82, 2.24) is 9.80 Å². The minimum Gasteiger partial charge on any atom is -0.341 e. The second kappa shape index (κ2) is 5.26. The van der Waals surface area contributed by atoms with Crippen LogP contribution in [0.25, 0.3) is 0 Å². The molecule has 1 saturated carbocycles. The summed E-state index contributed by atoms with van der Waals surface area (Å²) in [6, 6.07) is 0.0387. The molecule has 2 rings (SSSR count). The molecule has 0 aromatic carbocycles. The molecule has 2 atom stereocenters. The van der Waals surface area contributed by atoms with Crippen molar-refractivity contribution in [1.29, 1.82) is 0 Å². The van der Waals surface area contributed by atoms with Crippen molar-refractivity contribution in [2.45, 2.75) is 45.2 Å². The fraction of sp³-hybridized carbons (Fsp3) is 0.846. The summed E-state index contributed by atoms with van der Waals surface area (Å²) in [7, 11) is 0. The molecule has 2 fully saturated rings. The summed E-state index contributed by atoms with van der Waals surface area (Å²) < 4.78 is 0. The van der Waals surface area contributed by atoms with Crippen LogP contribution in [0.2, 0.25) is 0 Å². The van der Waals surface area contributed by atoms with Crippen LogP contribution in [0.5, 0.6) is 0 Å². The summed E-state index contributed by atoms with van der Waals surface area (Å²) in [5, 5.41) is 0. The molecule has 0 bridgehead atoms. The van der Waals surface area contributed by atoms with Gasteiger partial charge in [0.2, 0.25) is 11.8 Å². The Morgan fingerprint density at radius 3 is 2.56 bits per heavy atom. The Morgan fingerprint density at radius 1 is 1.39 bits per heavy atom. The first-order valence-electron chi connectivity index (χ1n) is 6.80. The van der Waals surface area contributed by atoms with Gasteiger partial charge in [-0.15, -0.1) is 0 Å². The van der Waals surface area contributed by atoms with Crippen LogP contribution in [0.3, 0.4) is 0 Å². The van der Waals surface area contributed by atoms with Gasteiger partial charge >= 0.3 is 0 Å². The molecule has 1 heterocycles. The van der Waals surface area contributed by atoms with E-state index in [9.17, 15) is 9.59 Å². The van der Waals surface area contributed by atoms with Gasteiger partial charge in [0.25, 0.3) is 0 Å². The van der Waals surface area contributed by atoms with Crippen molar-refractivity contribution in [3.63, 3.8) is 0 Å². The summed E-state index contributed by atoms with van der Waals surface area (Å²) >= 11 is 0. The van der Waals surface area contributed by atoms with Gasteiger partial charge < -0.3 is 15.5 Å². The van der Waals surface area contributed by atoms with Crippen LogP contribution in [-0.2, 0) is 9.59 Å². The number of nitrogens with two attached hydrogens (primary N) is 1. The van der Waals surface area contributed by atoms with Crippen molar-refractivity contribution in [3.8, 4) is 0 Å². The number of amides is 2. The molecule has 1 unspecified atom stereocenters. The Balaban J connectivity index is 1.85. The molecule has 0 aromatic heterocycles. The maximum Gasteiger partial charge on any atom is 0.239 e. The lowest BCUT2D eigenvalue weighted by Gasteiger charge is -2.25. The lowest BCUT2D eigenvalue weighted by atomic mass is 10.1. The van der Waals surface area contributed by atoms with Gasteiger partial charge in [-0.25, -0.2) is 0 Å². The van der Waals surface area contributed by atoms with Crippen molar-refractivity contribution in [3.05, 3.63) is 0 Å². The van der Waals surface area contributed by atoms with Crippen molar-refractivity contribution >= 4 is 11.8 Å². The van der Waals surface area contributed by atoms with Crippen molar-refractivity contribution < 1.29 is 9.59 Å². The zero-order valence-electron chi connectivity index (χ0n) is 11.3. The molecule has 1 aliphatic heterocycles. The predicted octanol–water partition coefficient (Wildman–Crippen LogP) is 0.193. The second-order valence-corrected chi connectivity index (χ2v) is 5.63. The minimum absolute atomic E-state index is 0.0262.